The molecule has 2 heterocycles. The highest BCUT2D eigenvalue weighted by Crippen LogP contribution is 2.19. The van der Waals surface area contributed by atoms with E-state index in [2.05, 4.69) is 30.4 Å². The van der Waals surface area contributed by atoms with E-state index in [4.69, 9.17) is 0 Å². The van der Waals surface area contributed by atoms with Gasteiger partial charge in [0.1, 0.15) is 0 Å². The molecule has 0 N–H and O–H groups in total. The second kappa shape index (κ2) is 4.24. The highest BCUT2D eigenvalue weighted by atomic mass is 16.2. The van der Waals surface area contributed by atoms with Gasteiger partial charge in [-0.2, -0.15) is 0 Å². The lowest BCUT2D eigenvalue weighted by molar-refractivity contribution is 0.0827. The number of hydrogen-bond acceptors (Lipinski definition) is 1. The van der Waals surface area contributed by atoms with Crippen LogP contribution in [0.2, 0.25) is 0 Å². The normalized spacial score (nSPS) is 11.1. The number of fused-ring (bicyclic) bond motifs is 1. The number of hydrogen-bond donors (Lipinski definition) is 0. The second-order valence-electron chi connectivity index (χ2n) is 4.82. The summed E-state index contributed by atoms with van der Waals surface area (Å²) in [6.45, 7) is 4.33. The first-order valence-corrected chi connectivity index (χ1v) is 5.83. The van der Waals surface area contributed by atoms with E-state index in [9.17, 15) is 4.79 Å². The summed E-state index contributed by atoms with van der Waals surface area (Å²) in [5.41, 5.74) is 3.07. The van der Waals surface area contributed by atoms with E-state index in [1.54, 1.807) is 19.0 Å². The van der Waals surface area contributed by atoms with Crippen molar-refractivity contribution in [1.82, 2.24) is 9.30 Å². The van der Waals surface area contributed by atoms with E-state index >= 15 is 0 Å². The van der Waals surface area contributed by atoms with E-state index in [1.807, 2.05) is 18.3 Å². The Morgan fingerprint density at radius 3 is 2.53 bits per heavy atom. The molecular weight excluding hydrogens is 212 g/mol. The first-order valence-electron chi connectivity index (χ1n) is 5.83. The molecule has 0 atom stereocenters. The molecule has 0 bridgehead atoms. The first-order chi connectivity index (χ1) is 8.00. The van der Waals surface area contributed by atoms with Crippen molar-refractivity contribution < 1.29 is 4.79 Å². The Kier molecular flexibility index (Phi) is 2.92. The monoisotopic (exact) mass is 230 g/mol. The molecule has 1 amide bonds. The standard InChI is InChI=1S/C14H18N2O/c1-10(2)13-6-5-12-9-11(7-8-16(12)13)14(17)15(3)4/h5-10H,1-4H3. The summed E-state index contributed by atoms with van der Waals surface area (Å²) < 4.78 is 2.14. The number of carbonyl (C=O) groups is 1. The molecule has 0 spiro atoms. The van der Waals surface area contributed by atoms with Crippen molar-refractivity contribution >= 4 is 11.4 Å². The van der Waals surface area contributed by atoms with Crippen LogP contribution in [0.1, 0.15) is 35.8 Å². The minimum atomic E-state index is 0.0415. The summed E-state index contributed by atoms with van der Waals surface area (Å²) in [7, 11) is 3.54. The van der Waals surface area contributed by atoms with Gasteiger partial charge in [0.2, 0.25) is 0 Å². The molecule has 2 aromatic rings. The average molecular weight is 230 g/mol. The third-order valence-corrected chi connectivity index (χ3v) is 2.93. The molecule has 3 nitrogen and oxygen atoms in total. The summed E-state index contributed by atoms with van der Waals surface area (Å²) in [5.74, 6) is 0.521. The highest BCUT2D eigenvalue weighted by Gasteiger charge is 2.10. The van der Waals surface area contributed by atoms with Crippen molar-refractivity contribution in [1.29, 1.82) is 0 Å². The van der Waals surface area contributed by atoms with Crippen LogP contribution in [0.3, 0.4) is 0 Å². The van der Waals surface area contributed by atoms with Gasteiger partial charge in [0.25, 0.3) is 5.91 Å². The van der Waals surface area contributed by atoms with E-state index in [0.717, 1.165) is 11.1 Å². The smallest absolute Gasteiger partial charge is 0.253 e. The molecule has 0 aliphatic rings. The maximum Gasteiger partial charge on any atom is 0.253 e. The number of pyridine rings is 1. The van der Waals surface area contributed by atoms with Crippen LogP contribution >= 0.6 is 0 Å². The van der Waals surface area contributed by atoms with Gasteiger partial charge in [-0.25, -0.2) is 0 Å². The minimum Gasteiger partial charge on any atom is -0.345 e. The van der Waals surface area contributed by atoms with Crippen molar-refractivity contribution in [3.8, 4) is 0 Å². The topological polar surface area (TPSA) is 24.7 Å². The van der Waals surface area contributed by atoms with Gasteiger partial charge in [0.05, 0.1) is 0 Å². The molecule has 0 aliphatic carbocycles. The maximum atomic E-state index is 11.8. The Bertz CT molecular complexity index is 552. The van der Waals surface area contributed by atoms with Gasteiger partial charge in [-0.05, 0) is 30.2 Å². The zero-order chi connectivity index (χ0) is 12.6. The molecule has 90 valence electrons. The van der Waals surface area contributed by atoms with Crippen LogP contribution < -0.4 is 0 Å². The Morgan fingerprint density at radius 1 is 1.24 bits per heavy atom. The predicted octanol–water partition coefficient (Wildman–Crippen LogP) is 2.76. The summed E-state index contributed by atoms with van der Waals surface area (Å²) in [6, 6.07) is 7.99. The molecule has 3 heteroatoms. The molecule has 2 rings (SSSR count). The third-order valence-electron chi connectivity index (χ3n) is 2.93. The van der Waals surface area contributed by atoms with Gasteiger partial charge in [-0.3, -0.25) is 4.79 Å². The zero-order valence-corrected chi connectivity index (χ0v) is 10.8. The summed E-state index contributed by atoms with van der Waals surface area (Å²) in [6.07, 6.45) is 1.97. The van der Waals surface area contributed by atoms with Crippen LogP contribution in [0.15, 0.2) is 30.5 Å². The Labute approximate surface area is 102 Å². The Balaban J connectivity index is 2.50. The molecule has 0 saturated heterocycles. The van der Waals surface area contributed by atoms with E-state index in [1.165, 1.54) is 5.69 Å². The van der Waals surface area contributed by atoms with Crippen molar-refractivity contribution in [2.24, 2.45) is 0 Å². The Hall–Kier alpha value is -1.77. The lowest BCUT2D eigenvalue weighted by atomic mass is 10.1. The average Bonchev–Trinajstić information content (AvgIpc) is 2.70. The summed E-state index contributed by atoms with van der Waals surface area (Å²) >= 11 is 0. The van der Waals surface area contributed by atoms with E-state index in [0.29, 0.717) is 5.92 Å². The quantitative estimate of drug-likeness (QED) is 0.778. The van der Waals surface area contributed by atoms with Gasteiger partial charge in [-0.15, -0.1) is 0 Å². The second-order valence-corrected chi connectivity index (χ2v) is 4.82. The molecule has 0 fully saturated rings. The van der Waals surface area contributed by atoms with Crippen LogP contribution in [-0.2, 0) is 0 Å². The van der Waals surface area contributed by atoms with Crippen molar-refractivity contribution in [2.75, 3.05) is 14.1 Å². The molecule has 0 aromatic carbocycles. The van der Waals surface area contributed by atoms with Gasteiger partial charge in [0.15, 0.2) is 0 Å². The van der Waals surface area contributed by atoms with E-state index < -0.39 is 0 Å². The van der Waals surface area contributed by atoms with Crippen LogP contribution in [-0.4, -0.2) is 29.3 Å². The number of carbonyl (C=O) groups excluding carboxylic acids is 1. The summed E-state index contributed by atoms with van der Waals surface area (Å²) in [4.78, 5) is 13.4. The minimum absolute atomic E-state index is 0.0415. The number of nitrogens with zero attached hydrogens (tertiary/aromatic N) is 2. The fourth-order valence-electron chi connectivity index (χ4n) is 1.99. The number of rotatable bonds is 2. The number of amides is 1. The predicted molar refractivity (Wildman–Crippen MR) is 69.5 cm³/mol. The Morgan fingerprint density at radius 2 is 1.94 bits per heavy atom. The molecule has 0 aliphatic heterocycles. The lowest BCUT2D eigenvalue weighted by Crippen LogP contribution is -2.21. The van der Waals surface area contributed by atoms with Gasteiger partial charge in [0, 0.05) is 37.1 Å². The lowest BCUT2D eigenvalue weighted by Gasteiger charge is -2.11. The van der Waals surface area contributed by atoms with Crippen molar-refractivity contribution in [3.05, 3.63) is 41.7 Å². The molecular formula is C14H18N2O. The SMILES string of the molecule is CC(C)c1ccc2cc(C(=O)N(C)C)ccn12. The maximum absolute atomic E-state index is 11.8. The van der Waals surface area contributed by atoms with Gasteiger partial charge >= 0.3 is 0 Å². The highest BCUT2D eigenvalue weighted by molar-refractivity contribution is 5.94. The number of aromatic nitrogens is 1. The molecule has 0 unspecified atom stereocenters. The summed E-state index contributed by atoms with van der Waals surface area (Å²) in [5, 5.41) is 0. The molecule has 2 aromatic heterocycles. The fourth-order valence-corrected chi connectivity index (χ4v) is 1.99. The largest absolute Gasteiger partial charge is 0.345 e. The van der Waals surface area contributed by atoms with Gasteiger partial charge < -0.3 is 9.30 Å². The van der Waals surface area contributed by atoms with Gasteiger partial charge in [-0.1, -0.05) is 13.8 Å². The van der Waals surface area contributed by atoms with E-state index in [-0.39, 0.29) is 5.91 Å². The van der Waals surface area contributed by atoms with Crippen LogP contribution in [0.25, 0.3) is 5.52 Å². The van der Waals surface area contributed by atoms with Crippen LogP contribution in [0.5, 0.6) is 0 Å². The molecule has 0 saturated carbocycles. The molecule has 0 radical (unpaired) electrons. The van der Waals surface area contributed by atoms with Crippen LogP contribution in [0.4, 0.5) is 0 Å². The van der Waals surface area contributed by atoms with Crippen molar-refractivity contribution in [2.45, 2.75) is 19.8 Å². The molecule has 17 heavy (non-hydrogen) atoms. The fraction of sp³-hybridized carbons (Fsp3) is 0.357. The van der Waals surface area contributed by atoms with Crippen LogP contribution in [0, 0.1) is 0 Å². The third kappa shape index (κ3) is 2.05. The van der Waals surface area contributed by atoms with Crippen molar-refractivity contribution in [3.63, 3.8) is 0 Å². The zero-order valence-electron chi connectivity index (χ0n) is 10.8. The first kappa shape index (κ1) is 11.7.